The van der Waals surface area contributed by atoms with Crippen molar-refractivity contribution in [2.24, 2.45) is 0 Å². The minimum atomic E-state index is -0.877. The second-order valence-corrected chi connectivity index (χ2v) is 2.17. The van der Waals surface area contributed by atoms with Crippen molar-refractivity contribution in [3.63, 3.8) is 0 Å². The monoisotopic (exact) mass is 153 g/mol. The van der Waals surface area contributed by atoms with Gasteiger partial charge in [-0.25, -0.2) is 4.39 Å². The molecule has 0 fully saturated rings. The van der Waals surface area contributed by atoms with E-state index in [-0.39, 0.29) is 5.56 Å². The average Bonchev–Trinajstić information content (AvgIpc) is 1.94. The fourth-order valence-electron chi connectivity index (χ4n) is 0.786. The Bertz CT molecular complexity index is 294. The van der Waals surface area contributed by atoms with Crippen molar-refractivity contribution in [1.29, 1.82) is 0 Å². The molecule has 0 amide bonds. The van der Waals surface area contributed by atoms with Crippen molar-refractivity contribution >= 4 is 5.78 Å². The van der Waals surface area contributed by atoms with Crippen molar-refractivity contribution in [3.05, 3.63) is 29.6 Å². The highest BCUT2D eigenvalue weighted by molar-refractivity contribution is 5.96. The lowest BCUT2D eigenvalue weighted by atomic mass is 10.1. The van der Waals surface area contributed by atoms with Crippen LogP contribution in [0.25, 0.3) is 0 Å². The first-order valence-electron chi connectivity index (χ1n) is 3.09. The molecule has 3 heteroatoms. The minimum Gasteiger partial charge on any atom is -0.870 e. The molecule has 0 heterocycles. The van der Waals surface area contributed by atoms with E-state index in [2.05, 4.69) is 0 Å². The number of para-hydroxylation sites is 1. The Morgan fingerprint density at radius 3 is 2.64 bits per heavy atom. The van der Waals surface area contributed by atoms with E-state index in [0.29, 0.717) is 0 Å². The molecular weight excluding hydrogens is 147 g/mol. The summed E-state index contributed by atoms with van der Waals surface area (Å²) in [4.78, 5) is 10.7. The number of benzene rings is 1. The Morgan fingerprint density at radius 1 is 1.55 bits per heavy atom. The molecule has 0 aliphatic rings. The molecule has 1 rings (SSSR count). The van der Waals surface area contributed by atoms with Crippen LogP contribution in [0.4, 0.5) is 4.39 Å². The standard InChI is InChI=1S/C8H7FO2/c1-5(10)6-3-2-4-7(9)8(6)11/h2-4,11H,1H3/p-1. The second-order valence-electron chi connectivity index (χ2n) is 2.17. The van der Waals surface area contributed by atoms with Crippen molar-refractivity contribution < 1.29 is 14.3 Å². The van der Waals surface area contributed by atoms with Gasteiger partial charge in [-0.1, -0.05) is 17.9 Å². The van der Waals surface area contributed by atoms with E-state index in [4.69, 9.17) is 0 Å². The predicted molar refractivity (Wildman–Crippen MR) is 35.9 cm³/mol. The molecule has 0 spiro atoms. The summed E-state index contributed by atoms with van der Waals surface area (Å²) in [7, 11) is 0. The van der Waals surface area contributed by atoms with Crippen LogP contribution in [0.2, 0.25) is 0 Å². The SMILES string of the molecule is CC(=O)c1cccc(F)c1[O-]. The highest BCUT2D eigenvalue weighted by Gasteiger charge is 2.01. The van der Waals surface area contributed by atoms with Crippen LogP contribution in [0.15, 0.2) is 18.2 Å². The lowest BCUT2D eigenvalue weighted by molar-refractivity contribution is -0.272. The van der Waals surface area contributed by atoms with Crippen LogP contribution >= 0.6 is 0 Å². The van der Waals surface area contributed by atoms with Crippen LogP contribution in [0, 0.1) is 5.82 Å². The van der Waals surface area contributed by atoms with Gasteiger partial charge in [0, 0.05) is 5.56 Å². The summed E-state index contributed by atoms with van der Waals surface area (Å²) >= 11 is 0. The Labute approximate surface area is 63.3 Å². The molecule has 0 radical (unpaired) electrons. The van der Waals surface area contributed by atoms with E-state index in [1.54, 1.807) is 0 Å². The third-order valence-corrected chi connectivity index (χ3v) is 1.35. The van der Waals surface area contributed by atoms with E-state index in [0.717, 1.165) is 6.07 Å². The van der Waals surface area contributed by atoms with Gasteiger partial charge < -0.3 is 5.11 Å². The predicted octanol–water partition coefficient (Wildman–Crippen LogP) is 1.10. The Hall–Kier alpha value is -1.38. The van der Waals surface area contributed by atoms with Crippen LogP contribution in [0.3, 0.4) is 0 Å². The third-order valence-electron chi connectivity index (χ3n) is 1.35. The van der Waals surface area contributed by atoms with Crippen molar-refractivity contribution in [2.75, 3.05) is 0 Å². The zero-order valence-corrected chi connectivity index (χ0v) is 5.93. The molecule has 0 bridgehead atoms. The number of hydrogen-bond donors (Lipinski definition) is 0. The molecule has 0 aromatic heterocycles. The number of carbonyl (C=O) groups excluding carboxylic acids is 1. The molecule has 0 atom stereocenters. The van der Waals surface area contributed by atoms with E-state index < -0.39 is 17.3 Å². The van der Waals surface area contributed by atoms with E-state index >= 15 is 0 Å². The molecule has 0 saturated heterocycles. The van der Waals surface area contributed by atoms with Gasteiger partial charge in [0.2, 0.25) is 0 Å². The highest BCUT2D eigenvalue weighted by Crippen LogP contribution is 2.17. The quantitative estimate of drug-likeness (QED) is 0.567. The fourth-order valence-corrected chi connectivity index (χ4v) is 0.786. The van der Waals surface area contributed by atoms with Gasteiger partial charge in [-0.3, -0.25) is 4.79 Å². The van der Waals surface area contributed by atoms with Gasteiger partial charge >= 0.3 is 0 Å². The number of ketones is 1. The molecule has 58 valence electrons. The van der Waals surface area contributed by atoms with Crippen LogP contribution in [-0.2, 0) is 0 Å². The van der Waals surface area contributed by atoms with Crippen molar-refractivity contribution in [3.8, 4) is 5.75 Å². The Morgan fingerprint density at radius 2 is 2.18 bits per heavy atom. The average molecular weight is 153 g/mol. The molecule has 2 nitrogen and oxygen atoms in total. The topological polar surface area (TPSA) is 40.1 Å². The normalized spacial score (nSPS) is 9.64. The van der Waals surface area contributed by atoms with Crippen LogP contribution < -0.4 is 5.11 Å². The molecule has 1 aromatic rings. The van der Waals surface area contributed by atoms with Crippen molar-refractivity contribution in [2.45, 2.75) is 6.92 Å². The molecule has 11 heavy (non-hydrogen) atoms. The Balaban J connectivity index is 3.27. The number of halogens is 1. The van der Waals surface area contributed by atoms with Gasteiger partial charge in [0.1, 0.15) is 5.82 Å². The second kappa shape index (κ2) is 2.70. The maximum Gasteiger partial charge on any atom is 0.159 e. The lowest BCUT2D eigenvalue weighted by Crippen LogP contribution is -2.03. The summed E-state index contributed by atoms with van der Waals surface area (Å²) in [5.41, 5.74) is -0.0926. The van der Waals surface area contributed by atoms with Gasteiger partial charge in [-0.05, 0) is 13.0 Å². The van der Waals surface area contributed by atoms with Gasteiger partial charge in [-0.2, -0.15) is 0 Å². The zero-order valence-electron chi connectivity index (χ0n) is 5.93. The molecular formula is C8H6FO2-. The first-order valence-corrected chi connectivity index (χ1v) is 3.09. The summed E-state index contributed by atoms with van der Waals surface area (Å²) in [6.07, 6.45) is 0. The van der Waals surface area contributed by atoms with Crippen LogP contribution in [0.5, 0.6) is 5.75 Å². The van der Waals surface area contributed by atoms with Crippen LogP contribution in [0.1, 0.15) is 17.3 Å². The summed E-state index contributed by atoms with van der Waals surface area (Å²) in [6, 6.07) is 3.69. The smallest absolute Gasteiger partial charge is 0.159 e. The molecule has 0 saturated carbocycles. The molecule has 0 aliphatic heterocycles. The summed E-state index contributed by atoms with van der Waals surface area (Å²) in [6.45, 7) is 1.23. The fraction of sp³-hybridized carbons (Fsp3) is 0.125. The van der Waals surface area contributed by atoms with Crippen molar-refractivity contribution in [1.82, 2.24) is 0 Å². The summed E-state index contributed by atoms with van der Waals surface area (Å²) < 4.78 is 12.5. The molecule has 0 N–H and O–H groups in total. The van der Waals surface area contributed by atoms with E-state index in [1.165, 1.54) is 19.1 Å². The van der Waals surface area contributed by atoms with Gasteiger partial charge in [0.15, 0.2) is 5.78 Å². The maximum atomic E-state index is 12.5. The summed E-state index contributed by atoms with van der Waals surface area (Å²) in [5.74, 6) is -2.10. The van der Waals surface area contributed by atoms with Gasteiger partial charge in [-0.15, -0.1) is 0 Å². The van der Waals surface area contributed by atoms with E-state index in [1.807, 2.05) is 0 Å². The maximum absolute atomic E-state index is 12.5. The van der Waals surface area contributed by atoms with E-state index in [9.17, 15) is 14.3 Å². The molecule has 0 aliphatic carbocycles. The zero-order chi connectivity index (χ0) is 8.43. The first-order chi connectivity index (χ1) is 5.13. The van der Waals surface area contributed by atoms with Gasteiger partial charge in [0.25, 0.3) is 0 Å². The third kappa shape index (κ3) is 1.37. The minimum absolute atomic E-state index is 0.0926. The number of hydrogen-bond acceptors (Lipinski definition) is 2. The molecule has 1 aromatic carbocycles. The van der Waals surface area contributed by atoms with Crippen LogP contribution in [-0.4, -0.2) is 5.78 Å². The first kappa shape index (κ1) is 7.72. The van der Waals surface area contributed by atoms with Gasteiger partial charge in [0.05, 0.1) is 0 Å². The number of carbonyl (C=O) groups is 1. The summed E-state index contributed by atoms with van der Waals surface area (Å²) in [5, 5.41) is 10.8. The lowest BCUT2D eigenvalue weighted by Gasteiger charge is -2.10. The number of rotatable bonds is 1. The number of Topliss-reactive ketones (excluding diaryl/α,β-unsaturated/α-hetero) is 1. The Kier molecular flexibility index (Phi) is 1.89. The molecule has 0 unspecified atom stereocenters. The largest absolute Gasteiger partial charge is 0.870 e. The highest BCUT2D eigenvalue weighted by atomic mass is 19.1.